The van der Waals surface area contributed by atoms with Crippen molar-refractivity contribution in [1.29, 1.82) is 0 Å². The van der Waals surface area contributed by atoms with Gasteiger partial charge >= 0.3 is 11.8 Å². The smallest absolute Gasteiger partial charge is 0.313 e. The average Bonchev–Trinajstić information content (AvgIpc) is 2.90. The number of anilines is 1. The van der Waals surface area contributed by atoms with Crippen LogP contribution in [-0.4, -0.2) is 28.4 Å². The molecule has 0 fully saturated rings. The summed E-state index contributed by atoms with van der Waals surface area (Å²) in [6, 6.07) is 10.4. The van der Waals surface area contributed by atoms with Crippen molar-refractivity contribution in [3.05, 3.63) is 59.5 Å². The Labute approximate surface area is 149 Å². The van der Waals surface area contributed by atoms with Crippen LogP contribution >= 0.6 is 0 Å². The van der Waals surface area contributed by atoms with Gasteiger partial charge in [0.15, 0.2) is 0 Å². The number of rotatable bonds is 4. The topological polar surface area (TPSA) is 94.2 Å². The predicted molar refractivity (Wildman–Crippen MR) is 96.4 cm³/mol. The third kappa shape index (κ3) is 3.83. The summed E-state index contributed by atoms with van der Waals surface area (Å²) in [5.41, 5.74) is 2.94. The highest BCUT2D eigenvalue weighted by Gasteiger charge is 2.15. The van der Waals surface area contributed by atoms with Crippen LogP contribution in [0.3, 0.4) is 0 Å². The molecule has 0 bridgehead atoms. The van der Waals surface area contributed by atoms with Gasteiger partial charge in [-0.25, -0.2) is 4.39 Å². The summed E-state index contributed by atoms with van der Waals surface area (Å²) < 4.78 is 13.5. The standard InChI is InChI=1S/C19H18FN3O3/c1-11-15(16-9-12(20)5-6-17(16)22-11)7-8-21-18(25)19(26)23-13-3-2-4-14(24)10-13/h2-6,9-10,22,24H,7-8H2,1H3,(H,21,25)(H,23,26). The maximum atomic E-state index is 13.5. The van der Waals surface area contributed by atoms with E-state index in [1.54, 1.807) is 18.2 Å². The number of aromatic hydroxyl groups is 1. The van der Waals surface area contributed by atoms with Crippen molar-refractivity contribution in [2.45, 2.75) is 13.3 Å². The zero-order chi connectivity index (χ0) is 18.7. The van der Waals surface area contributed by atoms with Crippen LogP contribution in [0.1, 0.15) is 11.3 Å². The van der Waals surface area contributed by atoms with E-state index in [-0.39, 0.29) is 18.1 Å². The Morgan fingerprint density at radius 3 is 2.73 bits per heavy atom. The minimum Gasteiger partial charge on any atom is -0.508 e. The Bertz CT molecular complexity index is 981. The van der Waals surface area contributed by atoms with Crippen molar-refractivity contribution in [1.82, 2.24) is 10.3 Å². The van der Waals surface area contributed by atoms with Crippen LogP contribution in [0, 0.1) is 12.7 Å². The fraction of sp³-hybridized carbons (Fsp3) is 0.158. The van der Waals surface area contributed by atoms with Crippen molar-refractivity contribution in [3.63, 3.8) is 0 Å². The van der Waals surface area contributed by atoms with Gasteiger partial charge in [0, 0.05) is 34.9 Å². The molecular weight excluding hydrogens is 337 g/mol. The number of hydrogen-bond acceptors (Lipinski definition) is 3. The number of aromatic amines is 1. The molecule has 3 rings (SSSR count). The first-order valence-electron chi connectivity index (χ1n) is 8.09. The summed E-state index contributed by atoms with van der Waals surface area (Å²) in [7, 11) is 0. The SMILES string of the molecule is Cc1[nH]c2ccc(F)cc2c1CCNC(=O)C(=O)Nc1cccc(O)c1. The second-order valence-corrected chi connectivity index (χ2v) is 5.93. The van der Waals surface area contributed by atoms with Crippen molar-refractivity contribution < 1.29 is 19.1 Å². The molecule has 6 nitrogen and oxygen atoms in total. The molecule has 0 aliphatic heterocycles. The first-order valence-corrected chi connectivity index (χ1v) is 8.09. The van der Waals surface area contributed by atoms with Crippen LogP contribution in [0.5, 0.6) is 5.75 Å². The number of fused-ring (bicyclic) bond motifs is 1. The van der Waals surface area contributed by atoms with E-state index in [4.69, 9.17) is 0 Å². The number of aromatic nitrogens is 1. The van der Waals surface area contributed by atoms with Crippen LogP contribution in [0.25, 0.3) is 10.9 Å². The molecule has 26 heavy (non-hydrogen) atoms. The number of amides is 2. The minimum atomic E-state index is -0.822. The first-order chi connectivity index (χ1) is 12.4. The third-order valence-corrected chi connectivity index (χ3v) is 4.05. The number of carbonyl (C=O) groups is 2. The number of hydrogen-bond donors (Lipinski definition) is 4. The van der Waals surface area contributed by atoms with E-state index in [0.717, 1.165) is 22.2 Å². The molecule has 0 unspecified atom stereocenters. The van der Waals surface area contributed by atoms with Crippen molar-refractivity contribution in [2.24, 2.45) is 0 Å². The van der Waals surface area contributed by atoms with Gasteiger partial charge in [-0.15, -0.1) is 0 Å². The normalized spacial score (nSPS) is 10.7. The van der Waals surface area contributed by atoms with Gasteiger partial charge in [0.1, 0.15) is 11.6 Å². The lowest BCUT2D eigenvalue weighted by molar-refractivity contribution is -0.136. The molecule has 0 atom stereocenters. The number of phenolic OH excluding ortho intramolecular Hbond substituents is 1. The number of benzene rings is 2. The lowest BCUT2D eigenvalue weighted by atomic mass is 10.1. The van der Waals surface area contributed by atoms with E-state index in [9.17, 15) is 19.1 Å². The van der Waals surface area contributed by atoms with E-state index in [0.29, 0.717) is 12.1 Å². The maximum absolute atomic E-state index is 13.5. The van der Waals surface area contributed by atoms with Gasteiger partial charge in [0.05, 0.1) is 0 Å². The molecule has 0 saturated carbocycles. The number of nitrogens with one attached hydrogen (secondary N) is 3. The summed E-state index contributed by atoms with van der Waals surface area (Å²) in [6.07, 6.45) is 0.459. The molecule has 7 heteroatoms. The summed E-state index contributed by atoms with van der Waals surface area (Å²) in [6.45, 7) is 2.11. The Kier molecular flexibility index (Phi) is 4.88. The van der Waals surface area contributed by atoms with Crippen molar-refractivity contribution in [2.75, 3.05) is 11.9 Å². The lowest BCUT2D eigenvalue weighted by Crippen LogP contribution is -2.36. The molecule has 0 spiro atoms. The maximum Gasteiger partial charge on any atom is 0.313 e. The number of phenols is 1. The summed E-state index contributed by atoms with van der Waals surface area (Å²) in [4.78, 5) is 27.0. The van der Waals surface area contributed by atoms with E-state index in [1.165, 1.54) is 24.3 Å². The van der Waals surface area contributed by atoms with Gasteiger partial charge in [-0.1, -0.05) is 6.07 Å². The van der Waals surface area contributed by atoms with Crippen molar-refractivity contribution in [3.8, 4) is 5.75 Å². The lowest BCUT2D eigenvalue weighted by Gasteiger charge is -2.07. The highest BCUT2D eigenvalue weighted by molar-refractivity contribution is 6.39. The molecular formula is C19H18FN3O3. The quantitative estimate of drug-likeness (QED) is 0.542. The fourth-order valence-corrected chi connectivity index (χ4v) is 2.83. The Hall–Kier alpha value is -3.35. The van der Waals surface area contributed by atoms with E-state index in [2.05, 4.69) is 15.6 Å². The van der Waals surface area contributed by atoms with Crippen LogP contribution in [0.15, 0.2) is 42.5 Å². The molecule has 2 amide bonds. The molecule has 1 heterocycles. The first kappa shape index (κ1) is 17.5. The van der Waals surface area contributed by atoms with Crippen LogP contribution in [0.2, 0.25) is 0 Å². The Balaban J connectivity index is 1.59. The van der Waals surface area contributed by atoms with Crippen LogP contribution in [0.4, 0.5) is 10.1 Å². The van der Waals surface area contributed by atoms with Gasteiger partial charge < -0.3 is 20.7 Å². The van der Waals surface area contributed by atoms with Crippen molar-refractivity contribution >= 4 is 28.4 Å². The van der Waals surface area contributed by atoms with Crippen LogP contribution in [-0.2, 0) is 16.0 Å². The Morgan fingerprint density at radius 1 is 1.15 bits per heavy atom. The number of carbonyl (C=O) groups excluding carboxylic acids is 2. The van der Waals surface area contributed by atoms with E-state index >= 15 is 0 Å². The van der Waals surface area contributed by atoms with Gasteiger partial charge in [0.25, 0.3) is 0 Å². The third-order valence-electron chi connectivity index (χ3n) is 4.05. The fourth-order valence-electron chi connectivity index (χ4n) is 2.83. The molecule has 134 valence electrons. The summed E-state index contributed by atoms with van der Waals surface area (Å²) >= 11 is 0. The van der Waals surface area contributed by atoms with Gasteiger partial charge in [-0.2, -0.15) is 0 Å². The largest absolute Gasteiger partial charge is 0.508 e. The highest BCUT2D eigenvalue weighted by Crippen LogP contribution is 2.23. The monoisotopic (exact) mass is 355 g/mol. The second kappa shape index (κ2) is 7.26. The predicted octanol–water partition coefficient (Wildman–Crippen LogP) is 2.62. The molecule has 1 aromatic heterocycles. The zero-order valence-corrected chi connectivity index (χ0v) is 14.1. The number of halogens is 1. The summed E-state index contributed by atoms with van der Waals surface area (Å²) in [5.74, 6) is -1.94. The highest BCUT2D eigenvalue weighted by atomic mass is 19.1. The molecule has 4 N–H and O–H groups in total. The number of H-pyrrole nitrogens is 1. The van der Waals surface area contributed by atoms with Gasteiger partial charge in [0.2, 0.25) is 0 Å². The molecule has 0 aliphatic rings. The van der Waals surface area contributed by atoms with Gasteiger partial charge in [-0.3, -0.25) is 9.59 Å². The molecule has 0 saturated heterocycles. The molecule has 0 radical (unpaired) electrons. The van der Waals surface area contributed by atoms with Gasteiger partial charge in [-0.05, 0) is 49.2 Å². The average molecular weight is 355 g/mol. The molecule has 2 aromatic carbocycles. The minimum absolute atomic E-state index is 0.00903. The van der Waals surface area contributed by atoms with E-state index < -0.39 is 11.8 Å². The molecule has 0 aliphatic carbocycles. The summed E-state index contributed by atoms with van der Waals surface area (Å²) in [5, 5.41) is 15.1. The Morgan fingerprint density at radius 2 is 1.96 bits per heavy atom. The van der Waals surface area contributed by atoms with Crippen LogP contribution < -0.4 is 10.6 Å². The number of aryl methyl sites for hydroxylation is 1. The second-order valence-electron chi connectivity index (χ2n) is 5.93. The zero-order valence-electron chi connectivity index (χ0n) is 14.1. The molecule has 3 aromatic rings. The van der Waals surface area contributed by atoms with E-state index in [1.807, 2.05) is 6.92 Å².